The summed E-state index contributed by atoms with van der Waals surface area (Å²) in [4.78, 5) is 91.4. The second-order valence-electron chi connectivity index (χ2n) is 18.1. The van der Waals surface area contributed by atoms with Crippen LogP contribution >= 0.6 is 33.2 Å². The van der Waals surface area contributed by atoms with Crippen molar-refractivity contribution in [1.29, 1.82) is 0 Å². The maximum atomic E-state index is 13.9. The Labute approximate surface area is 476 Å². The van der Waals surface area contributed by atoms with E-state index in [1.165, 1.54) is 82.3 Å². The maximum absolute atomic E-state index is 13.9. The standard InChI is InChI=1S/C61H70ClN3O12S2/c1-4-5-6-7-8-9-10-11-12-13-14-15-16-17-18-19-20-29-54(68)74-44-61(2,3)56(77-59(72)50-26-22-24-28-52(50)76-58(71)49-25-21-23-27-51(49)66)57(70)64-39-38-53(67)63-40-42-78-79-43-41-65-60(73)75-48-36-32-46(33-37-48)55(69)45-30-34-47(62)35-31-45/h5-6,8-9,11-12,14-15,17-18,21-28,30-37,56,66H,4,7,10,13,16,19-20,29,38-44H2,1-3H3,(H,63,67)(H,64,70)(H,65,73)/b6-5-,9-8-,12-11-,15-14-,18-17+/t56-/m0/s1. The highest BCUT2D eigenvalue weighted by molar-refractivity contribution is 8.76. The summed E-state index contributed by atoms with van der Waals surface area (Å²) in [6.45, 7) is 5.53. The summed E-state index contributed by atoms with van der Waals surface area (Å²) in [5.41, 5.74) is -0.697. The molecule has 18 heteroatoms. The van der Waals surface area contributed by atoms with Gasteiger partial charge in [-0.2, -0.15) is 0 Å². The highest BCUT2D eigenvalue weighted by Gasteiger charge is 2.40. The number of aromatic hydroxyl groups is 1. The molecule has 79 heavy (non-hydrogen) atoms. The fourth-order valence-electron chi connectivity index (χ4n) is 7.02. The fourth-order valence-corrected chi connectivity index (χ4v) is 8.96. The molecule has 0 saturated heterocycles. The number of carbonyl (C=O) groups is 7. The molecule has 4 aromatic carbocycles. The molecule has 3 amide bonds. The van der Waals surface area contributed by atoms with E-state index >= 15 is 0 Å². The minimum absolute atomic E-state index is 0.101. The van der Waals surface area contributed by atoms with Crippen LogP contribution in [0.1, 0.15) is 115 Å². The predicted molar refractivity (Wildman–Crippen MR) is 313 cm³/mol. The molecular weight excluding hydrogens is 1070 g/mol. The van der Waals surface area contributed by atoms with Gasteiger partial charge in [-0.15, -0.1) is 0 Å². The number of hydrogen-bond donors (Lipinski definition) is 4. The Morgan fingerprint density at radius 1 is 0.620 bits per heavy atom. The van der Waals surface area contributed by atoms with Gasteiger partial charge < -0.3 is 40.0 Å². The van der Waals surface area contributed by atoms with E-state index in [-0.39, 0.29) is 66.1 Å². The van der Waals surface area contributed by atoms with Gasteiger partial charge >= 0.3 is 24.0 Å². The van der Waals surface area contributed by atoms with E-state index in [1.54, 1.807) is 50.2 Å². The normalized spacial score (nSPS) is 12.0. The Bertz CT molecular complexity index is 2760. The monoisotopic (exact) mass is 1140 g/mol. The number of carbonyl (C=O) groups excluding carboxylic acids is 7. The summed E-state index contributed by atoms with van der Waals surface area (Å²) in [5.74, 6) is -2.87. The number of hydrogen-bond acceptors (Lipinski definition) is 14. The lowest BCUT2D eigenvalue weighted by molar-refractivity contribution is -0.153. The lowest BCUT2D eigenvalue weighted by Crippen LogP contribution is -2.49. The fraction of sp³-hybridized carbons (Fsp3) is 0.328. The summed E-state index contributed by atoms with van der Waals surface area (Å²) < 4.78 is 22.3. The second kappa shape index (κ2) is 36.7. The molecule has 0 aliphatic rings. The highest BCUT2D eigenvalue weighted by Crippen LogP contribution is 2.29. The zero-order chi connectivity index (χ0) is 57.1. The Kier molecular flexibility index (Phi) is 29.8. The molecule has 0 aliphatic heterocycles. The number of ether oxygens (including phenoxy) is 4. The molecule has 0 aliphatic carbocycles. The molecule has 0 aromatic heterocycles. The van der Waals surface area contributed by atoms with Gasteiger partial charge in [-0.1, -0.05) is 139 Å². The van der Waals surface area contributed by atoms with Crippen LogP contribution in [0.2, 0.25) is 5.02 Å². The maximum Gasteiger partial charge on any atom is 0.412 e. The molecule has 0 bridgehead atoms. The summed E-state index contributed by atoms with van der Waals surface area (Å²) in [5, 5.41) is 18.9. The van der Waals surface area contributed by atoms with Crippen LogP contribution in [0.15, 0.2) is 158 Å². The zero-order valence-corrected chi connectivity index (χ0v) is 47.2. The molecule has 420 valence electrons. The van der Waals surface area contributed by atoms with Crippen molar-refractivity contribution < 1.29 is 57.6 Å². The third-order valence-corrected chi connectivity index (χ3v) is 13.9. The van der Waals surface area contributed by atoms with Gasteiger partial charge in [-0.05, 0) is 118 Å². The van der Waals surface area contributed by atoms with Crippen LogP contribution in [0.3, 0.4) is 0 Å². The molecule has 4 rings (SSSR count). The van der Waals surface area contributed by atoms with Crippen LogP contribution in [0.25, 0.3) is 0 Å². The first-order chi connectivity index (χ1) is 38.2. The minimum Gasteiger partial charge on any atom is -0.507 e. The number of ketones is 1. The molecule has 4 N–H and O–H groups in total. The van der Waals surface area contributed by atoms with Crippen molar-refractivity contribution in [3.05, 3.63) is 185 Å². The molecular formula is C61H70ClN3O12S2. The highest BCUT2D eigenvalue weighted by atomic mass is 35.5. The van der Waals surface area contributed by atoms with E-state index in [0.29, 0.717) is 53.6 Å². The quantitative estimate of drug-likeness (QED) is 0.00856. The number of benzene rings is 4. The average molecular weight is 1140 g/mol. The molecule has 15 nitrogen and oxygen atoms in total. The van der Waals surface area contributed by atoms with Gasteiger partial charge in [0.2, 0.25) is 5.91 Å². The van der Waals surface area contributed by atoms with Crippen molar-refractivity contribution in [3.8, 4) is 17.2 Å². The minimum atomic E-state index is -1.55. The van der Waals surface area contributed by atoms with Crippen molar-refractivity contribution in [1.82, 2.24) is 16.0 Å². The predicted octanol–water partition coefficient (Wildman–Crippen LogP) is 12.3. The number of rotatable bonds is 34. The molecule has 0 heterocycles. The number of phenols is 1. The smallest absolute Gasteiger partial charge is 0.412 e. The zero-order valence-electron chi connectivity index (χ0n) is 44.8. The molecule has 0 radical (unpaired) electrons. The molecule has 1 atom stereocenters. The van der Waals surface area contributed by atoms with Crippen LogP contribution in [-0.2, 0) is 23.9 Å². The van der Waals surface area contributed by atoms with Gasteiger partial charge in [-0.25, -0.2) is 14.4 Å². The SMILES string of the molecule is CC/C=C\C/C=C\C/C=C\C/C=C\C/C=C/CCCC(=O)OCC(C)(C)[C@@H](OC(=O)c1ccccc1OC(=O)c1ccccc1O)C(=O)NCCC(=O)NCCSSCCNC(=O)Oc1ccc(C(=O)c2ccc(Cl)cc2)cc1. The van der Waals surface area contributed by atoms with Crippen LogP contribution in [0.5, 0.6) is 17.2 Å². The first kappa shape index (κ1) is 64.2. The van der Waals surface area contributed by atoms with Gasteiger partial charge in [0.25, 0.3) is 5.91 Å². The van der Waals surface area contributed by atoms with Gasteiger partial charge in [0.15, 0.2) is 11.9 Å². The van der Waals surface area contributed by atoms with Gasteiger partial charge in [0, 0.05) is 65.5 Å². The van der Waals surface area contributed by atoms with Crippen molar-refractivity contribution in [3.63, 3.8) is 0 Å². The first-order valence-electron chi connectivity index (χ1n) is 26.0. The van der Waals surface area contributed by atoms with E-state index in [2.05, 4.69) is 71.5 Å². The van der Waals surface area contributed by atoms with Gasteiger partial charge in [-0.3, -0.25) is 19.2 Å². The summed E-state index contributed by atoms with van der Waals surface area (Å²) in [6.07, 6.45) is 24.7. The van der Waals surface area contributed by atoms with E-state index < -0.39 is 41.4 Å². The number of phenolic OH excluding ortho intramolecular Hbond substituents is 1. The third kappa shape index (κ3) is 25.3. The summed E-state index contributed by atoms with van der Waals surface area (Å²) in [6, 6.07) is 24.3. The summed E-state index contributed by atoms with van der Waals surface area (Å²) in [7, 11) is 2.97. The number of para-hydroxylation sites is 2. The molecule has 0 unspecified atom stereocenters. The largest absolute Gasteiger partial charge is 0.507 e. The Morgan fingerprint density at radius 2 is 1.18 bits per heavy atom. The van der Waals surface area contributed by atoms with E-state index in [9.17, 15) is 38.7 Å². The van der Waals surface area contributed by atoms with Gasteiger partial charge in [0.1, 0.15) is 35.0 Å². The Morgan fingerprint density at radius 3 is 1.80 bits per heavy atom. The number of halogens is 1. The summed E-state index contributed by atoms with van der Waals surface area (Å²) >= 11 is 5.91. The van der Waals surface area contributed by atoms with E-state index in [0.717, 1.165) is 32.1 Å². The number of esters is 3. The third-order valence-electron chi connectivity index (χ3n) is 11.3. The van der Waals surface area contributed by atoms with Crippen molar-refractivity contribution in [2.75, 3.05) is 37.7 Å². The Balaban J connectivity index is 1.20. The molecule has 4 aromatic rings. The average Bonchev–Trinajstić information content (AvgIpc) is 3.46. The van der Waals surface area contributed by atoms with E-state index in [4.69, 9.17) is 30.5 Å². The molecule has 0 saturated carbocycles. The number of allylic oxidation sites excluding steroid dienone is 10. The Hall–Kier alpha value is -7.34. The van der Waals surface area contributed by atoms with Crippen LogP contribution in [0.4, 0.5) is 4.79 Å². The number of nitrogens with one attached hydrogen (secondary N) is 3. The first-order valence-corrected chi connectivity index (χ1v) is 28.9. The van der Waals surface area contributed by atoms with Crippen LogP contribution in [0, 0.1) is 5.41 Å². The number of unbranched alkanes of at least 4 members (excludes halogenated alkanes) is 1. The lowest BCUT2D eigenvalue weighted by Gasteiger charge is -2.32. The van der Waals surface area contributed by atoms with Crippen molar-refractivity contribution in [2.45, 2.75) is 84.7 Å². The number of amides is 3. The lowest BCUT2D eigenvalue weighted by atomic mass is 9.86. The second-order valence-corrected chi connectivity index (χ2v) is 21.3. The van der Waals surface area contributed by atoms with Crippen LogP contribution < -0.4 is 25.4 Å². The molecule has 0 spiro atoms. The van der Waals surface area contributed by atoms with E-state index in [1.807, 2.05) is 12.2 Å². The molecule has 0 fully saturated rings. The topological polar surface area (TPSA) is 213 Å². The van der Waals surface area contributed by atoms with Crippen molar-refractivity contribution >= 4 is 74.8 Å². The van der Waals surface area contributed by atoms with Crippen molar-refractivity contribution in [2.24, 2.45) is 5.41 Å². The van der Waals surface area contributed by atoms with Crippen LogP contribution in [-0.4, -0.2) is 90.6 Å². The van der Waals surface area contributed by atoms with Gasteiger partial charge in [0.05, 0.1) is 0 Å².